The highest BCUT2D eigenvalue weighted by atomic mass is 35.5. The van der Waals surface area contributed by atoms with Crippen LogP contribution in [0.15, 0.2) is 41.5 Å². The molecule has 1 saturated carbocycles. The molecule has 1 aromatic rings. The summed E-state index contributed by atoms with van der Waals surface area (Å²) in [6.45, 7) is 0. The van der Waals surface area contributed by atoms with Crippen molar-refractivity contribution in [3.63, 3.8) is 0 Å². The number of hydrogen-bond donors (Lipinski definition) is 0. The van der Waals surface area contributed by atoms with Gasteiger partial charge in [-0.3, -0.25) is 0 Å². The van der Waals surface area contributed by atoms with E-state index in [1.165, 1.54) is 0 Å². The first-order valence-electron chi connectivity index (χ1n) is 5.72. The van der Waals surface area contributed by atoms with Crippen molar-refractivity contribution in [1.29, 1.82) is 10.5 Å². The van der Waals surface area contributed by atoms with Gasteiger partial charge in [0, 0.05) is 5.02 Å². The quantitative estimate of drug-likeness (QED) is 0.602. The van der Waals surface area contributed by atoms with Gasteiger partial charge in [0.25, 0.3) is 0 Å². The van der Waals surface area contributed by atoms with Crippen LogP contribution in [0.1, 0.15) is 18.4 Å². The van der Waals surface area contributed by atoms with Gasteiger partial charge >= 0.3 is 0 Å². The van der Waals surface area contributed by atoms with E-state index >= 15 is 0 Å². The number of allylic oxidation sites excluding steroid dienone is 3. The molecule has 3 heteroatoms. The van der Waals surface area contributed by atoms with Crippen molar-refractivity contribution in [2.75, 3.05) is 0 Å². The number of hydrogen-bond acceptors (Lipinski definition) is 2. The van der Waals surface area contributed by atoms with Gasteiger partial charge in [0.2, 0.25) is 0 Å². The van der Waals surface area contributed by atoms with E-state index in [1.807, 2.05) is 48.6 Å². The first-order valence-corrected chi connectivity index (χ1v) is 6.10. The number of benzene rings is 1. The highest BCUT2D eigenvalue weighted by molar-refractivity contribution is 6.30. The Morgan fingerprint density at radius 3 is 2.28 bits per heavy atom. The first kappa shape index (κ1) is 12.4. The average Bonchev–Trinajstić information content (AvgIpc) is 3.21. The number of nitrogens with zero attached hydrogens (tertiary/aromatic N) is 2. The maximum absolute atomic E-state index is 8.92. The molecule has 0 N–H and O–H groups in total. The van der Waals surface area contributed by atoms with Crippen molar-refractivity contribution >= 4 is 17.7 Å². The van der Waals surface area contributed by atoms with Crippen molar-refractivity contribution in [1.82, 2.24) is 0 Å². The summed E-state index contributed by atoms with van der Waals surface area (Å²) in [5.41, 5.74) is 2.09. The second-order valence-electron chi connectivity index (χ2n) is 4.21. The fourth-order valence-corrected chi connectivity index (χ4v) is 1.86. The van der Waals surface area contributed by atoms with Crippen LogP contribution in [0.3, 0.4) is 0 Å². The minimum Gasteiger partial charge on any atom is -0.192 e. The van der Waals surface area contributed by atoms with Crippen molar-refractivity contribution in [2.45, 2.75) is 12.8 Å². The van der Waals surface area contributed by atoms with Crippen molar-refractivity contribution in [2.24, 2.45) is 5.92 Å². The molecular formula is C15H11ClN2. The van der Waals surface area contributed by atoms with Gasteiger partial charge in [-0.15, -0.1) is 0 Å². The highest BCUT2D eigenvalue weighted by Crippen LogP contribution is 2.38. The summed E-state index contributed by atoms with van der Waals surface area (Å²) in [6, 6.07) is 11.4. The lowest BCUT2D eigenvalue weighted by molar-refractivity contribution is 1.04. The Bertz CT molecular complexity index is 562. The topological polar surface area (TPSA) is 47.6 Å². The maximum Gasteiger partial charge on any atom is 0.133 e. The summed E-state index contributed by atoms with van der Waals surface area (Å²) in [5.74, 6) is 0.378. The average molecular weight is 255 g/mol. The maximum atomic E-state index is 8.92. The third kappa shape index (κ3) is 3.00. The van der Waals surface area contributed by atoms with Crippen LogP contribution < -0.4 is 0 Å². The third-order valence-corrected chi connectivity index (χ3v) is 3.11. The lowest BCUT2D eigenvalue weighted by Gasteiger charge is -1.99. The largest absolute Gasteiger partial charge is 0.192 e. The summed E-state index contributed by atoms with van der Waals surface area (Å²) >= 11 is 5.81. The molecule has 0 aromatic heterocycles. The zero-order valence-electron chi connectivity index (χ0n) is 9.73. The molecule has 0 bridgehead atoms. The molecule has 0 spiro atoms. The van der Waals surface area contributed by atoms with E-state index in [0.717, 1.165) is 24.0 Å². The van der Waals surface area contributed by atoms with E-state index in [4.69, 9.17) is 22.1 Å². The molecule has 0 saturated heterocycles. The van der Waals surface area contributed by atoms with E-state index in [1.54, 1.807) is 0 Å². The van der Waals surface area contributed by atoms with Crippen LogP contribution in [0.25, 0.3) is 6.08 Å². The molecule has 0 unspecified atom stereocenters. The highest BCUT2D eigenvalue weighted by Gasteiger charge is 2.27. The van der Waals surface area contributed by atoms with E-state index in [0.29, 0.717) is 10.9 Å². The first-order chi connectivity index (χ1) is 8.74. The van der Waals surface area contributed by atoms with E-state index in [9.17, 15) is 0 Å². The minimum atomic E-state index is 0.225. The van der Waals surface area contributed by atoms with Crippen molar-refractivity contribution in [3.8, 4) is 12.1 Å². The molecule has 18 heavy (non-hydrogen) atoms. The van der Waals surface area contributed by atoms with Crippen LogP contribution in [0.4, 0.5) is 0 Å². The summed E-state index contributed by atoms with van der Waals surface area (Å²) in [4.78, 5) is 0. The minimum absolute atomic E-state index is 0.225. The molecule has 2 nitrogen and oxygen atoms in total. The molecule has 1 fully saturated rings. The molecule has 0 aliphatic heterocycles. The number of nitriles is 2. The lowest BCUT2D eigenvalue weighted by atomic mass is 10.0. The Balaban J connectivity index is 2.26. The molecule has 0 heterocycles. The molecule has 0 radical (unpaired) electrons. The van der Waals surface area contributed by atoms with Crippen molar-refractivity contribution in [3.05, 3.63) is 52.1 Å². The fraction of sp³-hybridized carbons (Fsp3) is 0.200. The Hall–Kier alpha value is -2.03. The molecule has 2 rings (SSSR count). The Morgan fingerprint density at radius 2 is 1.78 bits per heavy atom. The van der Waals surface area contributed by atoms with Crippen LogP contribution in [0.5, 0.6) is 0 Å². The molecular weight excluding hydrogens is 244 g/mol. The Labute approximate surface area is 111 Å². The van der Waals surface area contributed by atoms with Gasteiger partial charge in [-0.1, -0.05) is 35.9 Å². The van der Waals surface area contributed by atoms with E-state index in [2.05, 4.69) is 0 Å². The number of rotatable bonds is 3. The van der Waals surface area contributed by atoms with E-state index < -0.39 is 0 Å². The Morgan fingerprint density at radius 1 is 1.17 bits per heavy atom. The standard InChI is InChI=1S/C15H11ClN2/c16-14-6-1-11(2-7-14)3-8-15(12-4-5-12)13(9-17)10-18/h1-3,6-8,12H,4-5H2/b8-3+. The monoisotopic (exact) mass is 254 g/mol. The zero-order chi connectivity index (χ0) is 13.0. The summed E-state index contributed by atoms with van der Waals surface area (Å²) in [5, 5.41) is 18.5. The SMILES string of the molecule is N#CC(C#N)=C(/C=C/c1ccc(Cl)cc1)C1CC1. The summed E-state index contributed by atoms with van der Waals surface area (Å²) in [6.07, 6.45) is 5.92. The fourth-order valence-electron chi connectivity index (χ4n) is 1.73. The second kappa shape index (κ2) is 5.54. The smallest absolute Gasteiger partial charge is 0.133 e. The Kier molecular flexibility index (Phi) is 3.82. The molecule has 0 amide bonds. The van der Waals surface area contributed by atoms with Crippen LogP contribution >= 0.6 is 11.6 Å². The third-order valence-electron chi connectivity index (χ3n) is 2.85. The molecule has 1 aliphatic rings. The van der Waals surface area contributed by atoms with Gasteiger partial charge < -0.3 is 0 Å². The van der Waals surface area contributed by atoms with Crippen LogP contribution in [0.2, 0.25) is 5.02 Å². The molecule has 0 atom stereocenters. The molecule has 1 aromatic carbocycles. The summed E-state index contributed by atoms with van der Waals surface area (Å²) < 4.78 is 0. The second-order valence-corrected chi connectivity index (χ2v) is 4.65. The van der Waals surface area contributed by atoms with Gasteiger partial charge in [0.1, 0.15) is 17.7 Å². The lowest BCUT2D eigenvalue weighted by Crippen LogP contribution is -1.87. The van der Waals surface area contributed by atoms with Gasteiger partial charge in [-0.2, -0.15) is 10.5 Å². The zero-order valence-corrected chi connectivity index (χ0v) is 10.5. The van der Waals surface area contributed by atoms with Crippen molar-refractivity contribution < 1.29 is 0 Å². The molecule has 88 valence electrons. The summed E-state index contributed by atoms with van der Waals surface area (Å²) in [7, 11) is 0. The predicted molar refractivity (Wildman–Crippen MR) is 71.5 cm³/mol. The van der Waals surface area contributed by atoms with Crippen LogP contribution in [-0.2, 0) is 0 Å². The van der Waals surface area contributed by atoms with Gasteiger partial charge in [0.05, 0.1) is 0 Å². The number of halogens is 1. The van der Waals surface area contributed by atoms with Gasteiger partial charge in [0.15, 0.2) is 0 Å². The predicted octanol–water partition coefficient (Wildman–Crippen LogP) is 4.11. The van der Waals surface area contributed by atoms with Crippen LogP contribution in [0, 0.1) is 28.6 Å². The molecule has 1 aliphatic carbocycles. The van der Waals surface area contributed by atoms with Gasteiger partial charge in [-0.05, 0) is 42.0 Å². The van der Waals surface area contributed by atoms with Crippen LogP contribution in [-0.4, -0.2) is 0 Å². The van der Waals surface area contributed by atoms with Gasteiger partial charge in [-0.25, -0.2) is 0 Å². The van der Waals surface area contributed by atoms with E-state index in [-0.39, 0.29) is 5.57 Å². The normalized spacial score (nSPS) is 13.9.